The molecule has 0 aromatic carbocycles. The van der Waals surface area contributed by atoms with Crippen LogP contribution in [0.3, 0.4) is 0 Å². The molecule has 0 spiro atoms. The van der Waals surface area contributed by atoms with E-state index in [9.17, 15) is 0 Å². The molecule has 5 heteroatoms. The summed E-state index contributed by atoms with van der Waals surface area (Å²) in [5.74, 6) is 0. The molecule has 0 bridgehead atoms. The van der Waals surface area contributed by atoms with Gasteiger partial charge >= 0.3 is 0 Å². The van der Waals surface area contributed by atoms with E-state index in [4.69, 9.17) is 9.47 Å². The third-order valence-electron chi connectivity index (χ3n) is 4.13. The molecule has 3 atom stereocenters. The molecule has 3 aliphatic rings. The van der Waals surface area contributed by atoms with E-state index in [-0.39, 0.29) is 12.4 Å². The average molecular weight is 277 g/mol. The van der Waals surface area contributed by atoms with Gasteiger partial charge in [0.25, 0.3) is 0 Å². The van der Waals surface area contributed by atoms with Crippen LogP contribution in [-0.4, -0.2) is 62.5 Å². The third-order valence-corrected chi connectivity index (χ3v) is 4.13. The Morgan fingerprint density at radius 3 is 2.78 bits per heavy atom. The number of likely N-dealkylation sites (tertiary alicyclic amines) is 1. The molecule has 1 N–H and O–H groups in total. The molecule has 0 aliphatic carbocycles. The lowest BCUT2D eigenvalue weighted by Gasteiger charge is -2.20. The van der Waals surface area contributed by atoms with Gasteiger partial charge < -0.3 is 19.7 Å². The molecular weight excluding hydrogens is 252 g/mol. The van der Waals surface area contributed by atoms with Gasteiger partial charge in [0.05, 0.1) is 18.8 Å². The Labute approximate surface area is 116 Å². The summed E-state index contributed by atoms with van der Waals surface area (Å²) in [7, 11) is 0. The molecule has 4 nitrogen and oxygen atoms in total. The Kier molecular flexibility index (Phi) is 5.70. The summed E-state index contributed by atoms with van der Waals surface area (Å²) < 4.78 is 11.4. The van der Waals surface area contributed by atoms with Crippen molar-refractivity contribution in [3.05, 3.63) is 0 Å². The summed E-state index contributed by atoms with van der Waals surface area (Å²) in [6.45, 7) is 6.49. The van der Waals surface area contributed by atoms with E-state index in [0.717, 1.165) is 26.2 Å². The summed E-state index contributed by atoms with van der Waals surface area (Å²) in [4.78, 5) is 2.58. The van der Waals surface area contributed by atoms with Gasteiger partial charge in [0.2, 0.25) is 0 Å². The van der Waals surface area contributed by atoms with Crippen LogP contribution >= 0.6 is 12.4 Å². The second kappa shape index (κ2) is 7.06. The SMILES string of the molecule is C1CCN(C[C@@H]2C[C@@H](O[C@@H]3CCOC3)CN2)C1.Cl. The van der Waals surface area contributed by atoms with Gasteiger partial charge in [-0.2, -0.15) is 0 Å². The molecule has 3 rings (SSSR count). The molecule has 0 unspecified atom stereocenters. The van der Waals surface area contributed by atoms with E-state index in [1.807, 2.05) is 0 Å². The minimum absolute atomic E-state index is 0. The molecule has 0 aromatic heterocycles. The lowest BCUT2D eigenvalue weighted by molar-refractivity contribution is -0.00674. The highest BCUT2D eigenvalue weighted by Crippen LogP contribution is 2.18. The van der Waals surface area contributed by atoms with Crippen LogP contribution in [0.1, 0.15) is 25.7 Å². The molecule has 3 saturated heterocycles. The van der Waals surface area contributed by atoms with Gasteiger partial charge in [-0.25, -0.2) is 0 Å². The van der Waals surface area contributed by atoms with Crippen molar-refractivity contribution in [2.75, 3.05) is 39.4 Å². The first-order valence-corrected chi connectivity index (χ1v) is 7.09. The van der Waals surface area contributed by atoms with Crippen LogP contribution in [0.2, 0.25) is 0 Å². The van der Waals surface area contributed by atoms with Crippen LogP contribution in [0.25, 0.3) is 0 Å². The molecule has 18 heavy (non-hydrogen) atoms. The monoisotopic (exact) mass is 276 g/mol. The van der Waals surface area contributed by atoms with Crippen LogP contribution in [0, 0.1) is 0 Å². The summed E-state index contributed by atoms with van der Waals surface area (Å²) >= 11 is 0. The third kappa shape index (κ3) is 3.81. The van der Waals surface area contributed by atoms with E-state index in [2.05, 4.69) is 10.2 Å². The highest BCUT2D eigenvalue weighted by atomic mass is 35.5. The first-order valence-electron chi connectivity index (χ1n) is 7.09. The van der Waals surface area contributed by atoms with Crippen molar-refractivity contribution in [2.24, 2.45) is 0 Å². The topological polar surface area (TPSA) is 33.7 Å². The molecule has 0 saturated carbocycles. The normalized spacial score (nSPS) is 37.0. The van der Waals surface area contributed by atoms with Crippen molar-refractivity contribution in [1.29, 1.82) is 0 Å². The van der Waals surface area contributed by atoms with Gasteiger partial charge in [-0.05, 0) is 38.8 Å². The second-order valence-corrected chi connectivity index (χ2v) is 5.59. The lowest BCUT2D eigenvalue weighted by atomic mass is 10.2. The Morgan fingerprint density at radius 2 is 2.06 bits per heavy atom. The molecule has 0 amide bonds. The Morgan fingerprint density at radius 1 is 1.22 bits per heavy atom. The number of halogens is 1. The molecular formula is C13H25ClN2O2. The maximum atomic E-state index is 6.06. The molecule has 3 fully saturated rings. The fourth-order valence-electron chi connectivity index (χ4n) is 3.19. The largest absolute Gasteiger partial charge is 0.379 e. The van der Waals surface area contributed by atoms with Crippen molar-refractivity contribution in [1.82, 2.24) is 10.2 Å². The zero-order valence-corrected chi connectivity index (χ0v) is 11.8. The van der Waals surface area contributed by atoms with Crippen molar-refractivity contribution < 1.29 is 9.47 Å². The maximum Gasteiger partial charge on any atom is 0.0834 e. The van der Waals surface area contributed by atoms with Crippen molar-refractivity contribution >= 4 is 12.4 Å². The van der Waals surface area contributed by atoms with E-state index >= 15 is 0 Å². The van der Waals surface area contributed by atoms with Crippen molar-refractivity contribution in [3.63, 3.8) is 0 Å². The lowest BCUT2D eigenvalue weighted by Crippen LogP contribution is -2.35. The van der Waals surface area contributed by atoms with Crippen molar-refractivity contribution in [2.45, 2.75) is 43.9 Å². The number of rotatable bonds is 4. The number of nitrogens with one attached hydrogen (secondary N) is 1. The summed E-state index contributed by atoms with van der Waals surface area (Å²) in [5.41, 5.74) is 0. The number of ether oxygens (including phenoxy) is 2. The molecule has 0 radical (unpaired) electrons. The highest BCUT2D eigenvalue weighted by molar-refractivity contribution is 5.85. The smallest absolute Gasteiger partial charge is 0.0834 e. The fraction of sp³-hybridized carbons (Fsp3) is 1.00. The Balaban J connectivity index is 0.00000120. The molecule has 3 aliphatic heterocycles. The van der Waals surface area contributed by atoms with Gasteiger partial charge in [-0.3, -0.25) is 0 Å². The van der Waals surface area contributed by atoms with Gasteiger partial charge in [0, 0.05) is 25.7 Å². The summed E-state index contributed by atoms with van der Waals surface area (Å²) in [5, 5.41) is 3.60. The summed E-state index contributed by atoms with van der Waals surface area (Å²) in [6, 6.07) is 0.639. The minimum Gasteiger partial charge on any atom is -0.379 e. The van der Waals surface area contributed by atoms with E-state index in [1.165, 1.54) is 38.9 Å². The van der Waals surface area contributed by atoms with Gasteiger partial charge in [-0.15, -0.1) is 12.4 Å². The van der Waals surface area contributed by atoms with Crippen LogP contribution in [-0.2, 0) is 9.47 Å². The van der Waals surface area contributed by atoms with Crippen LogP contribution in [0.15, 0.2) is 0 Å². The second-order valence-electron chi connectivity index (χ2n) is 5.59. The van der Waals surface area contributed by atoms with Crippen LogP contribution < -0.4 is 5.32 Å². The predicted octanol–water partition coefficient (Wildman–Crippen LogP) is 1.04. The van der Waals surface area contributed by atoms with E-state index in [1.54, 1.807) is 0 Å². The maximum absolute atomic E-state index is 6.06. The number of hydrogen-bond acceptors (Lipinski definition) is 4. The Hall–Kier alpha value is 0.130. The zero-order valence-electron chi connectivity index (χ0n) is 11.0. The first kappa shape index (κ1) is 14.5. The predicted molar refractivity (Wildman–Crippen MR) is 73.4 cm³/mol. The van der Waals surface area contributed by atoms with Gasteiger partial charge in [0.15, 0.2) is 0 Å². The fourth-order valence-corrected chi connectivity index (χ4v) is 3.19. The molecule has 106 valence electrons. The quantitative estimate of drug-likeness (QED) is 0.832. The summed E-state index contributed by atoms with van der Waals surface area (Å²) in [6.07, 6.45) is 5.78. The van der Waals surface area contributed by atoms with Gasteiger partial charge in [0.1, 0.15) is 0 Å². The standard InChI is InChI=1S/C13H24N2O2.ClH/c1-2-5-15(4-1)9-11-7-13(8-14-11)17-12-3-6-16-10-12;/h11-14H,1-10H2;1H/t11-,12+,13+;/m0./s1. The zero-order chi connectivity index (χ0) is 11.5. The number of hydrogen-bond donors (Lipinski definition) is 1. The Bertz CT molecular complexity index is 219. The molecule has 0 aromatic rings. The van der Waals surface area contributed by atoms with Crippen LogP contribution in [0.5, 0.6) is 0 Å². The van der Waals surface area contributed by atoms with Crippen LogP contribution in [0.4, 0.5) is 0 Å². The van der Waals surface area contributed by atoms with Gasteiger partial charge in [-0.1, -0.05) is 0 Å². The molecule has 3 heterocycles. The number of nitrogens with zero attached hydrogens (tertiary/aromatic N) is 1. The average Bonchev–Trinajstić information content (AvgIpc) is 3.02. The van der Waals surface area contributed by atoms with E-state index < -0.39 is 0 Å². The first-order chi connectivity index (χ1) is 8.40. The van der Waals surface area contributed by atoms with E-state index in [0.29, 0.717) is 18.2 Å². The highest BCUT2D eigenvalue weighted by Gasteiger charge is 2.29. The minimum atomic E-state index is 0. The van der Waals surface area contributed by atoms with Crippen molar-refractivity contribution in [3.8, 4) is 0 Å².